The van der Waals surface area contributed by atoms with Crippen molar-refractivity contribution in [2.75, 3.05) is 4.90 Å². The second kappa shape index (κ2) is 13.6. The third-order valence-electron chi connectivity index (χ3n) is 11.9. The highest BCUT2D eigenvalue weighted by atomic mass is 32.1. The number of nitrogens with zero attached hydrogens (tertiary/aromatic N) is 1. The first-order chi connectivity index (χ1) is 29.3. The Morgan fingerprint density at radius 2 is 0.915 bits per heavy atom. The smallest absolute Gasteiger partial charge is 0.143 e. The van der Waals surface area contributed by atoms with Crippen molar-refractivity contribution in [3.63, 3.8) is 0 Å². The first-order valence-corrected chi connectivity index (χ1v) is 20.9. The molecule has 0 bridgehead atoms. The molecule has 12 rings (SSSR count). The fourth-order valence-electron chi connectivity index (χ4n) is 9.17. The maximum Gasteiger partial charge on any atom is 0.143 e. The van der Waals surface area contributed by atoms with Gasteiger partial charge >= 0.3 is 0 Å². The molecule has 2 nitrogen and oxygen atoms in total. The molecule has 0 aliphatic heterocycles. The highest BCUT2D eigenvalue weighted by molar-refractivity contribution is 7.26. The van der Waals surface area contributed by atoms with Crippen LogP contribution in [0.2, 0.25) is 0 Å². The summed E-state index contributed by atoms with van der Waals surface area (Å²) in [4.78, 5) is 2.53. The van der Waals surface area contributed by atoms with Gasteiger partial charge in [-0.15, -0.1) is 11.3 Å². The molecule has 0 unspecified atom stereocenters. The summed E-state index contributed by atoms with van der Waals surface area (Å²) in [7, 11) is 0. The second-order valence-corrected chi connectivity index (χ2v) is 16.2. The van der Waals surface area contributed by atoms with Crippen LogP contribution >= 0.6 is 11.3 Å². The highest BCUT2D eigenvalue weighted by Crippen LogP contribution is 2.52. The minimum atomic E-state index is 0.904. The molecule has 0 atom stereocenters. The molecule has 0 aliphatic carbocycles. The van der Waals surface area contributed by atoms with Crippen LogP contribution in [0.4, 0.5) is 17.1 Å². The molecule has 0 fully saturated rings. The zero-order valence-electron chi connectivity index (χ0n) is 32.0. The zero-order chi connectivity index (χ0) is 38.9. The SMILES string of the molecule is c1ccc(-c2ccc(-c3c(N(c4ccc(-c5cccc6c5oc5ccccc56)cc4)c4cccc5c4sc4ccccc45)c4ccccc4c4ccccc34)cc2)cc1. The summed E-state index contributed by atoms with van der Waals surface area (Å²) < 4.78 is 9.05. The van der Waals surface area contributed by atoms with E-state index < -0.39 is 0 Å². The molecule has 0 saturated heterocycles. The topological polar surface area (TPSA) is 16.4 Å². The van der Waals surface area contributed by atoms with E-state index in [0.717, 1.165) is 50.1 Å². The second-order valence-electron chi connectivity index (χ2n) is 15.2. The number of hydrogen-bond acceptors (Lipinski definition) is 3. The van der Waals surface area contributed by atoms with Gasteiger partial charge in [0.25, 0.3) is 0 Å². The van der Waals surface area contributed by atoms with Gasteiger partial charge in [0.05, 0.1) is 16.1 Å². The van der Waals surface area contributed by atoms with Gasteiger partial charge in [-0.1, -0.05) is 182 Å². The Labute approximate surface area is 345 Å². The first kappa shape index (κ1) is 33.7. The molecule has 10 aromatic carbocycles. The van der Waals surface area contributed by atoms with Crippen LogP contribution in [-0.2, 0) is 0 Å². The molecule has 0 aliphatic rings. The van der Waals surface area contributed by atoms with Crippen molar-refractivity contribution in [2.45, 2.75) is 0 Å². The fourth-order valence-corrected chi connectivity index (χ4v) is 10.4. The summed E-state index contributed by atoms with van der Waals surface area (Å²) in [5, 5.41) is 9.69. The standard InChI is InChI=1S/C56H35NOS/c1-2-14-36(15-3-1)37-28-30-39(31-29-37)53-46-20-6-4-16-42(46)43-17-5-7-21-47(43)54(53)57(50-25-13-24-49-45-19-9-11-27-52(45)59-56(49)50)40-34-32-38(33-35-40)41-22-12-23-48-44-18-8-10-26-51(44)58-55(41)48/h1-35H. The Bertz CT molecular complexity index is 3540. The molecule has 12 aromatic rings. The van der Waals surface area contributed by atoms with Gasteiger partial charge < -0.3 is 9.32 Å². The number of thiophene rings is 1. The molecule has 2 heterocycles. The van der Waals surface area contributed by atoms with Crippen LogP contribution in [0.3, 0.4) is 0 Å². The lowest BCUT2D eigenvalue weighted by atomic mass is 9.89. The van der Waals surface area contributed by atoms with E-state index >= 15 is 0 Å². The molecule has 0 radical (unpaired) electrons. The van der Waals surface area contributed by atoms with Crippen molar-refractivity contribution in [1.29, 1.82) is 0 Å². The van der Waals surface area contributed by atoms with Crippen LogP contribution in [0, 0.1) is 0 Å². The van der Waals surface area contributed by atoms with Gasteiger partial charge in [0.2, 0.25) is 0 Å². The van der Waals surface area contributed by atoms with E-state index in [2.05, 4.69) is 211 Å². The van der Waals surface area contributed by atoms with E-state index in [1.165, 1.54) is 64.0 Å². The van der Waals surface area contributed by atoms with Gasteiger partial charge in [0.1, 0.15) is 11.2 Å². The van der Waals surface area contributed by atoms with Crippen LogP contribution in [0.15, 0.2) is 217 Å². The molecule has 0 N–H and O–H groups in total. The number of anilines is 3. The highest BCUT2D eigenvalue weighted by Gasteiger charge is 2.26. The van der Waals surface area contributed by atoms with Crippen LogP contribution in [0.25, 0.3) is 97.0 Å². The van der Waals surface area contributed by atoms with E-state index in [1.807, 2.05) is 17.4 Å². The third kappa shape index (κ3) is 5.40. The van der Waals surface area contributed by atoms with Gasteiger partial charge in [0, 0.05) is 48.4 Å². The monoisotopic (exact) mass is 769 g/mol. The molecular formula is C56H35NOS. The average molecular weight is 770 g/mol. The van der Waals surface area contributed by atoms with E-state index in [-0.39, 0.29) is 0 Å². The van der Waals surface area contributed by atoms with E-state index in [0.29, 0.717) is 0 Å². The Balaban J connectivity index is 1.14. The quantitative estimate of drug-likeness (QED) is 0.157. The predicted octanol–water partition coefficient (Wildman–Crippen LogP) is 16.7. The zero-order valence-corrected chi connectivity index (χ0v) is 32.8. The molecule has 59 heavy (non-hydrogen) atoms. The maximum atomic E-state index is 6.51. The molecule has 276 valence electrons. The van der Waals surface area contributed by atoms with Gasteiger partial charge in [-0.2, -0.15) is 0 Å². The Morgan fingerprint density at radius 1 is 0.356 bits per heavy atom. The Hall–Kier alpha value is -7.46. The lowest BCUT2D eigenvalue weighted by Crippen LogP contribution is -2.12. The van der Waals surface area contributed by atoms with Crippen LogP contribution < -0.4 is 4.90 Å². The van der Waals surface area contributed by atoms with Crippen molar-refractivity contribution in [2.24, 2.45) is 0 Å². The van der Waals surface area contributed by atoms with Crippen molar-refractivity contribution in [3.8, 4) is 33.4 Å². The molecule has 2 aromatic heterocycles. The van der Waals surface area contributed by atoms with E-state index in [1.54, 1.807) is 0 Å². The number of para-hydroxylation sites is 2. The molecule has 0 spiro atoms. The largest absolute Gasteiger partial charge is 0.455 e. The van der Waals surface area contributed by atoms with E-state index in [4.69, 9.17) is 4.42 Å². The third-order valence-corrected chi connectivity index (χ3v) is 13.1. The van der Waals surface area contributed by atoms with Crippen LogP contribution in [0.5, 0.6) is 0 Å². The lowest BCUT2D eigenvalue weighted by molar-refractivity contribution is 0.670. The van der Waals surface area contributed by atoms with Crippen molar-refractivity contribution in [3.05, 3.63) is 212 Å². The van der Waals surface area contributed by atoms with Crippen LogP contribution in [0.1, 0.15) is 0 Å². The lowest BCUT2D eigenvalue weighted by Gasteiger charge is -2.31. The summed E-state index contributed by atoms with van der Waals surface area (Å²) in [5.41, 5.74) is 12.2. The van der Waals surface area contributed by atoms with Crippen LogP contribution in [-0.4, -0.2) is 0 Å². The normalized spacial score (nSPS) is 11.7. The number of fused-ring (bicyclic) bond motifs is 9. The Morgan fingerprint density at radius 3 is 1.71 bits per heavy atom. The summed E-state index contributed by atoms with van der Waals surface area (Å²) in [6.07, 6.45) is 0. The minimum absolute atomic E-state index is 0.904. The fraction of sp³-hybridized carbons (Fsp3) is 0. The van der Waals surface area contributed by atoms with Gasteiger partial charge in [-0.05, 0) is 68.7 Å². The van der Waals surface area contributed by atoms with E-state index in [9.17, 15) is 0 Å². The van der Waals surface area contributed by atoms with Gasteiger partial charge in [-0.3, -0.25) is 0 Å². The number of hydrogen-bond donors (Lipinski definition) is 0. The van der Waals surface area contributed by atoms with Crippen molar-refractivity contribution in [1.82, 2.24) is 0 Å². The average Bonchev–Trinajstić information content (AvgIpc) is 3.89. The van der Waals surface area contributed by atoms with Crippen molar-refractivity contribution < 1.29 is 4.42 Å². The summed E-state index contributed by atoms with van der Waals surface area (Å²) in [5.74, 6) is 0. The van der Waals surface area contributed by atoms with Gasteiger partial charge in [0.15, 0.2) is 0 Å². The number of benzene rings is 10. The molecular weight excluding hydrogens is 735 g/mol. The number of rotatable bonds is 6. The molecule has 3 heteroatoms. The summed E-state index contributed by atoms with van der Waals surface area (Å²) >= 11 is 1.87. The maximum absolute atomic E-state index is 6.51. The minimum Gasteiger partial charge on any atom is -0.455 e. The summed E-state index contributed by atoms with van der Waals surface area (Å²) in [6.45, 7) is 0. The Kier molecular flexibility index (Phi) is 7.75. The van der Waals surface area contributed by atoms with Crippen molar-refractivity contribution >= 4 is 92.1 Å². The first-order valence-electron chi connectivity index (χ1n) is 20.1. The van der Waals surface area contributed by atoms with Gasteiger partial charge in [-0.25, -0.2) is 0 Å². The summed E-state index contributed by atoms with van der Waals surface area (Å²) in [6, 6.07) is 77.0. The predicted molar refractivity (Wildman–Crippen MR) is 253 cm³/mol. The number of furan rings is 1. The molecule has 0 amide bonds. The molecule has 0 saturated carbocycles.